The summed E-state index contributed by atoms with van der Waals surface area (Å²) in [5.41, 5.74) is 0.557. The predicted octanol–water partition coefficient (Wildman–Crippen LogP) is 2.71. The van der Waals surface area contributed by atoms with Crippen molar-refractivity contribution in [1.29, 1.82) is 0 Å². The van der Waals surface area contributed by atoms with Crippen molar-refractivity contribution in [2.24, 2.45) is 10.9 Å². The van der Waals surface area contributed by atoms with Crippen molar-refractivity contribution >= 4 is 5.96 Å². The Morgan fingerprint density at radius 3 is 2.80 bits per heavy atom. The number of rotatable bonds is 10. The van der Waals surface area contributed by atoms with Crippen molar-refractivity contribution in [3.8, 4) is 11.5 Å². The highest BCUT2D eigenvalue weighted by atomic mass is 19.3. The first-order valence-corrected chi connectivity index (χ1v) is 10.4. The fourth-order valence-corrected chi connectivity index (χ4v) is 3.39. The zero-order valence-electron chi connectivity index (χ0n) is 18.3. The Kier molecular flexibility index (Phi) is 10.1. The van der Waals surface area contributed by atoms with Crippen molar-refractivity contribution in [1.82, 2.24) is 15.5 Å². The number of nitrogens with one attached hydrogen (secondary N) is 2. The third-order valence-electron chi connectivity index (χ3n) is 4.58. The molecule has 0 spiro atoms. The van der Waals surface area contributed by atoms with Gasteiger partial charge in [0.25, 0.3) is 0 Å². The number of halogens is 2. The highest BCUT2D eigenvalue weighted by Crippen LogP contribution is 2.32. The number of guanidine groups is 1. The number of ether oxygens (including phenoxy) is 3. The van der Waals surface area contributed by atoms with Crippen LogP contribution in [0, 0.1) is 5.92 Å². The lowest BCUT2D eigenvalue weighted by Gasteiger charge is -2.34. The average molecular weight is 429 g/mol. The van der Waals surface area contributed by atoms with E-state index >= 15 is 0 Å². The van der Waals surface area contributed by atoms with Gasteiger partial charge in [-0.15, -0.1) is 0 Å². The van der Waals surface area contributed by atoms with Gasteiger partial charge in [0.15, 0.2) is 17.5 Å². The van der Waals surface area contributed by atoms with E-state index in [9.17, 15) is 8.78 Å². The number of hydrogen-bond acceptors (Lipinski definition) is 5. The minimum absolute atomic E-state index is 0.0391. The molecule has 1 fully saturated rings. The van der Waals surface area contributed by atoms with Gasteiger partial charge in [0.1, 0.15) is 0 Å². The van der Waals surface area contributed by atoms with E-state index in [4.69, 9.17) is 14.2 Å². The molecule has 1 atom stereocenters. The van der Waals surface area contributed by atoms with E-state index in [0.717, 1.165) is 19.6 Å². The molecule has 0 radical (unpaired) electrons. The number of alkyl halides is 2. The summed E-state index contributed by atoms with van der Waals surface area (Å²) < 4.78 is 41.7. The maximum absolute atomic E-state index is 12.9. The van der Waals surface area contributed by atoms with Crippen molar-refractivity contribution in [2.45, 2.75) is 40.0 Å². The smallest absolute Gasteiger partial charge is 0.387 e. The fraction of sp³-hybridized carbons (Fsp3) is 0.667. The van der Waals surface area contributed by atoms with E-state index in [1.165, 1.54) is 0 Å². The summed E-state index contributed by atoms with van der Waals surface area (Å²) in [6.45, 7) is 8.08. The van der Waals surface area contributed by atoms with Crippen LogP contribution >= 0.6 is 0 Å². The van der Waals surface area contributed by atoms with E-state index in [1.807, 2.05) is 0 Å². The fourth-order valence-electron chi connectivity index (χ4n) is 3.39. The molecule has 1 saturated heterocycles. The Labute approximate surface area is 177 Å². The molecule has 2 rings (SSSR count). The number of aliphatic imine (C=N–C) groups is 1. The zero-order chi connectivity index (χ0) is 21.9. The molecule has 1 heterocycles. The minimum Gasteiger partial charge on any atom is -0.490 e. The van der Waals surface area contributed by atoms with E-state index < -0.39 is 6.61 Å². The van der Waals surface area contributed by atoms with E-state index in [-0.39, 0.29) is 18.4 Å². The second kappa shape index (κ2) is 12.5. The van der Waals surface area contributed by atoms with Gasteiger partial charge in [0.05, 0.1) is 19.3 Å². The molecule has 1 aromatic rings. The maximum Gasteiger partial charge on any atom is 0.387 e. The largest absolute Gasteiger partial charge is 0.490 e. The van der Waals surface area contributed by atoms with E-state index in [1.54, 1.807) is 32.2 Å². The quantitative estimate of drug-likeness (QED) is 0.441. The second-order valence-corrected chi connectivity index (χ2v) is 7.51. The molecule has 0 bridgehead atoms. The monoisotopic (exact) mass is 428 g/mol. The van der Waals surface area contributed by atoms with Crippen molar-refractivity contribution in [2.75, 3.05) is 46.4 Å². The molecule has 170 valence electrons. The average Bonchev–Trinajstić information content (AvgIpc) is 2.69. The van der Waals surface area contributed by atoms with Crippen LogP contribution < -0.4 is 20.1 Å². The minimum atomic E-state index is -2.93. The normalized spacial score (nSPS) is 18.0. The first-order chi connectivity index (χ1) is 14.4. The molecule has 9 heteroatoms. The van der Waals surface area contributed by atoms with Crippen LogP contribution in [0.25, 0.3) is 0 Å². The molecule has 0 saturated carbocycles. The molecule has 0 aromatic heterocycles. The van der Waals surface area contributed by atoms with Gasteiger partial charge in [0, 0.05) is 45.3 Å². The summed E-state index contributed by atoms with van der Waals surface area (Å²) in [6, 6.07) is 5.07. The van der Waals surface area contributed by atoms with Crippen LogP contribution in [0.2, 0.25) is 0 Å². The third kappa shape index (κ3) is 7.95. The summed E-state index contributed by atoms with van der Waals surface area (Å²) in [5, 5.41) is 6.39. The first kappa shape index (κ1) is 24.1. The standard InChI is InChI=1S/C21H34F2N4O3/c1-5-28-18-8-6-7-16(19(18)30-20(22)23)11-25-21(24-4)26-12-17-14-27(9-10-29-17)13-15(2)3/h6-8,15,17,20H,5,9-14H2,1-4H3,(H2,24,25,26). The summed E-state index contributed by atoms with van der Waals surface area (Å²) in [4.78, 5) is 6.62. The lowest BCUT2D eigenvalue weighted by molar-refractivity contribution is -0.0520. The summed E-state index contributed by atoms with van der Waals surface area (Å²) >= 11 is 0. The zero-order valence-corrected chi connectivity index (χ0v) is 18.3. The number of para-hydroxylation sites is 1. The van der Waals surface area contributed by atoms with Crippen LogP contribution in [-0.4, -0.2) is 70.0 Å². The molecule has 1 aliphatic rings. The SMILES string of the molecule is CCOc1cccc(CNC(=NC)NCC2CN(CC(C)C)CCO2)c1OC(F)F. The number of benzene rings is 1. The topological polar surface area (TPSA) is 67.4 Å². The molecular weight excluding hydrogens is 394 g/mol. The highest BCUT2D eigenvalue weighted by Gasteiger charge is 2.21. The Balaban J connectivity index is 1.92. The summed E-state index contributed by atoms with van der Waals surface area (Å²) in [7, 11) is 1.66. The third-order valence-corrected chi connectivity index (χ3v) is 4.58. The molecule has 1 aliphatic heterocycles. The van der Waals surface area contributed by atoms with Crippen LogP contribution in [0.15, 0.2) is 23.2 Å². The molecule has 2 N–H and O–H groups in total. The van der Waals surface area contributed by atoms with Gasteiger partial charge in [-0.2, -0.15) is 8.78 Å². The molecule has 1 aromatic carbocycles. The van der Waals surface area contributed by atoms with Crippen LogP contribution in [0.3, 0.4) is 0 Å². The summed E-state index contributed by atoms with van der Waals surface area (Å²) in [5.74, 6) is 1.51. The Morgan fingerprint density at radius 2 is 2.13 bits per heavy atom. The van der Waals surface area contributed by atoms with Gasteiger partial charge in [-0.1, -0.05) is 26.0 Å². The molecule has 7 nitrogen and oxygen atoms in total. The van der Waals surface area contributed by atoms with Crippen LogP contribution in [0.5, 0.6) is 11.5 Å². The lowest BCUT2D eigenvalue weighted by atomic mass is 10.2. The Bertz CT molecular complexity index is 674. The first-order valence-electron chi connectivity index (χ1n) is 10.4. The van der Waals surface area contributed by atoms with Gasteiger partial charge >= 0.3 is 6.61 Å². The van der Waals surface area contributed by atoms with E-state index in [2.05, 4.69) is 34.4 Å². The maximum atomic E-state index is 12.9. The van der Waals surface area contributed by atoms with Crippen LogP contribution in [0.1, 0.15) is 26.3 Å². The molecule has 1 unspecified atom stereocenters. The lowest BCUT2D eigenvalue weighted by Crippen LogP contribution is -2.50. The van der Waals surface area contributed by atoms with Crippen molar-refractivity contribution in [3.05, 3.63) is 23.8 Å². The number of nitrogens with zero attached hydrogens (tertiary/aromatic N) is 2. The number of morpholine rings is 1. The summed E-state index contributed by atoms with van der Waals surface area (Å²) in [6.07, 6.45) is 0.0649. The number of hydrogen-bond donors (Lipinski definition) is 2. The van der Waals surface area contributed by atoms with Crippen molar-refractivity contribution < 1.29 is 23.0 Å². The molecular formula is C21H34F2N4O3. The van der Waals surface area contributed by atoms with Gasteiger partial charge in [-0.3, -0.25) is 9.89 Å². The van der Waals surface area contributed by atoms with Gasteiger partial charge in [-0.05, 0) is 18.9 Å². The van der Waals surface area contributed by atoms with Crippen molar-refractivity contribution in [3.63, 3.8) is 0 Å². The predicted molar refractivity (Wildman–Crippen MR) is 113 cm³/mol. The molecule has 0 amide bonds. The molecule has 30 heavy (non-hydrogen) atoms. The van der Waals surface area contributed by atoms with E-state index in [0.29, 0.717) is 42.9 Å². The van der Waals surface area contributed by atoms with Gasteiger partial charge < -0.3 is 24.8 Å². The second-order valence-electron chi connectivity index (χ2n) is 7.51. The Hall–Kier alpha value is -2.13. The van der Waals surface area contributed by atoms with Crippen LogP contribution in [-0.2, 0) is 11.3 Å². The highest BCUT2D eigenvalue weighted by molar-refractivity contribution is 5.79. The van der Waals surface area contributed by atoms with Gasteiger partial charge in [0.2, 0.25) is 0 Å². The molecule has 0 aliphatic carbocycles. The van der Waals surface area contributed by atoms with Crippen LogP contribution in [0.4, 0.5) is 8.78 Å². The van der Waals surface area contributed by atoms with Gasteiger partial charge in [-0.25, -0.2) is 0 Å². The Morgan fingerprint density at radius 1 is 1.33 bits per heavy atom.